The standard InChI is InChI=1S/C23H28N2O6/c1-3-29-23(28)17-8-7-12-25(14-17)20(26)15-24(2)22(27)21-18(11-13-30-21)16-31-19-9-5-4-6-10-19/h4-6,9-11,13,17H,3,7-8,12,14-16H2,1-2H3. The van der Waals surface area contributed by atoms with Crippen molar-refractivity contribution in [3.63, 3.8) is 0 Å². The van der Waals surface area contributed by atoms with E-state index < -0.39 is 5.91 Å². The first-order chi connectivity index (χ1) is 15.0. The number of rotatable bonds is 8. The maximum absolute atomic E-state index is 12.8. The Morgan fingerprint density at radius 3 is 2.71 bits per heavy atom. The highest BCUT2D eigenvalue weighted by molar-refractivity contribution is 5.95. The highest BCUT2D eigenvalue weighted by atomic mass is 16.5. The number of piperidine rings is 1. The van der Waals surface area contributed by atoms with E-state index in [1.165, 1.54) is 11.2 Å². The topological polar surface area (TPSA) is 89.3 Å². The lowest BCUT2D eigenvalue weighted by Gasteiger charge is -2.32. The van der Waals surface area contributed by atoms with Crippen molar-refractivity contribution < 1.29 is 28.3 Å². The molecule has 3 rings (SSSR count). The molecule has 1 aliphatic rings. The molecule has 2 heterocycles. The van der Waals surface area contributed by atoms with Gasteiger partial charge in [-0.05, 0) is 38.0 Å². The van der Waals surface area contributed by atoms with E-state index in [-0.39, 0.29) is 36.7 Å². The van der Waals surface area contributed by atoms with Crippen LogP contribution in [0.1, 0.15) is 35.9 Å². The van der Waals surface area contributed by atoms with Gasteiger partial charge in [-0.25, -0.2) is 0 Å². The van der Waals surface area contributed by atoms with Gasteiger partial charge in [0.25, 0.3) is 5.91 Å². The SMILES string of the molecule is CCOC(=O)C1CCCN(C(=O)CN(C)C(=O)c2occc2COc2ccccc2)C1. The van der Waals surface area contributed by atoms with Gasteiger partial charge in [-0.2, -0.15) is 0 Å². The molecule has 8 heteroatoms. The molecule has 8 nitrogen and oxygen atoms in total. The predicted octanol–water partition coefficient (Wildman–Crippen LogP) is 2.73. The third kappa shape index (κ3) is 5.87. The van der Waals surface area contributed by atoms with E-state index in [1.54, 1.807) is 24.9 Å². The van der Waals surface area contributed by atoms with Gasteiger partial charge in [0, 0.05) is 25.7 Å². The fourth-order valence-electron chi connectivity index (χ4n) is 3.52. The summed E-state index contributed by atoms with van der Waals surface area (Å²) in [6.45, 7) is 3.03. The molecule has 0 radical (unpaired) electrons. The van der Waals surface area contributed by atoms with Crippen molar-refractivity contribution in [3.8, 4) is 5.75 Å². The zero-order valence-corrected chi connectivity index (χ0v) is 17.9. The molecule has 31 heavy (non-hydrogen) atoms. The molecule has 2 amide bonds. The first-order valence-corrected chi connectivity index (χ1v) is 10.4. The van der Waals surface area contributed by atoms with Crippen molar-refractivity contribution in [3.05, 3.63) is 54.0 Å². The summed E-state index contributed by atoms with van der Waals surface area (Å²) < 4.78 is 16.2. The van der Waals surface area contributed by atoms with Gasteiger partial charge in [-0.15, -0.1) is 0 Å². The van der Waals surface area contributed by atoms with Crippen LogP contribution in [0.2, 0.25) is 0 Å². The van der Waals surface area contributed by atoms with E-state index in [0.717, 1.165) is 6.42 Å². The molecule has 1 aromatic heterocycles. The Kier molecular flexibility index (Phi) is 7.70. The van der Waals surface area contributed by atoms with Crippen LogP contribution in [0, 0.1) is 5.92 Å². The van der Waals surface area contributed by atoms with Gasteiger partial charge in [-0.3, -0.25) is 14.4 Å². The molecule has 0 aliphatic carbocycles. The van der Waals surface area contributed by atoms with Crippen molar-refractivity contribution in [1.82, 2.24) is 9.80 Å². The molecule has 1 unspecified atom stereocenters. The van der Waals surface area contributed by atoms with Gasteiger partial charge in [0.15, 0.2) is 5.76 Å². The molecule has 2 aromatic rings. The molecule has 1 fully saturated rings. The molecule has 0 N–H and O–H groups in total. The van der Waals surface area contributed by atoms with Crippen LogP contribution in [0.4, 0.5) is 0 Å². The highest BCUT2D eigenvalue weighted by Gasteiger charge is 2.30. The Bertz CT molecular complexity index is 894. The molecule has 1 aliphatic heterocycles. The number of furan rings is 1. The molecule has 0 spiro atoms. The molecule has 1 aromatic carbocycles. The number of para-hydroxylation sites is 1. The predicted molar refractivity (Wildman–Crippen MR) is 112 cm³/mol. The second kappa shape index (κ2) is 10.7. The minimum atomic E-state index is -0.399. The smallest absolute Gasteiger partial charge is 0.310 e. The Balaban J connectivity index is 1.56. The number of nitrogens with zero attached hydrogens (tertiary/aromatic N) is 2. The van der Waals surface area contributed by atoms with Crippen molar-refractivity contribution in [2.75, 3.05) is 33.3 Å². The zero-order chi connectivity index (χ0) is 22.2. The van der Waals surface area contributed by atoms with Crippen molar-refractivity contribution in [2.24, 2.45) is 5.92 Å². The third-order valence-corrected chi connectivity index (χ3v) is 5.19. The van der Waals surface area contributed by atoms with Crippen LogP contribution in [0.15, 0.2) is 47.1 Å². The van der Waals surface area contributed by atoms with E-state index in [9.17, 15) is 14.4 Å². The minimum Gasteiger partial charge on any atom is -0.489 e. The zero-order valence-electron chi connectivity index (χ0n) is 17.9. The molecule has 1 saturated heterocycles. The number of carbonyl (C=O) groups is 3. The lowest BCUT2D eigenvalue weighted by Crippen LogP contribution is -2.47. The number of carbonyl (C=O) groups excluding carboxylic acids is 3. The van der Waals surface area contributed by atoms with E-state index in [1.807, 2.05) is 30.3 Å². The normalized spacial score (nSPS) is 15.9. The Labute approximate surface area is 181 Å². The van der Waals surface area contributed by atoms with Crippen LogP contribution in [-0.4, -0.2) is 60.9 Å². The Morgan fingerprint density at radius 1 is 1.19 bits per heavy atom. The number of likely N-dealkylation sites (tertiary alicyclic amines) is 1. The van der Waals surface area contributed by atoms with Crippen LogP contribution in [0.5, 0.6) is 5.75 Å². The fourth-order valence-corrected chi connectivity index (χ4v) is 3.52. The van der Waals surface area contributed by atoms with Crippen LogP contribution in [0.25, 0.3) is 0 Å². The maximum atomic E-state index is 12.8. The maximum Gasteiger partial charge on any atom is 0.310 e. The number of hydrogen-bond donors (Lipinski definition) is 0. The van der Waals surface area contributed by atoms with E-state index in [0.29, 0.717) is 37.4 Å². The van der Waals surface area contributed by atoms with Gasteiger partial charge in [0.1, 0.15) is 12.4 Å². The fraction of sp³-hybridized carbons (Fsp3) is 0.435. The summed E-state index contributed by atoms with van der Waals surface area (Å²) >= 11 is 0. The van der Waals surface area contributed by atoms with E-state index in [4.69, 9.17) is 13.9 Å². The number of amides is 2. The second-order valence-electron chi connectivity index (χ2n) is 7.47. The van der Waals surface area contributed by atoms with Gasteiger partial charge in [-0.1, -0.05) is 18.2 Å². The third-order valence-electron chi connectivity index (χ3n) is 5.19. The van der Waals surface area contributed by atoms with E-state index in [2.05, 4.69) is 0 Å². The van der Waals surface area contributed by atoms with Gasteiger partial charge < -0.3 is 23.7 Å². The second-order valence-corrected chi connectivity index (χ2v) is 7.47. The summed E-state index contributed by atoms with van der Waals surface area (Å²) in [6, 6.07) is 11.0. The lowest BCUT2D eigenvalue weighted by atomic mass is 9.98. The molecule has 166 valence electrons. The first-order valence-electron chi connectivity index (χ1n) is 10.4. The quantitative estimate of drug-likeness (QED) is 0.601. The van der Waals surface area contributed by atoms with E-state index >= 15 is 0 Å². The van der Waals surface area contributed by atoms with Crippen molar-refractivity contribution in [1.29, 1.82) is 0 Å². The summed E-state index contributed by atoms with van der Waals surface area (Å²) in [5, 5.41) is 0. The largest absolute Gasteiger partial charge is 0.489 e. The molecular formula is C23H28N2O6. The highest BCUT2D eigenvalue weighted by Crippen LogP contribution is 2.20. The lowest BCUT2D eigenvalue weighted by molar-refractivity contribution is -0.151. The number of hydrogen-bond acceptors (Lipinski definition) is 6. The summed E-state index contributed by atoms with van der Waals surface area (Å²) in [6.07, 6.45) is 2.86. The van der Waals surface area contributed by atoms with Crippen molar-refractivity contribution in [2.45, 2.75) is 26.4 Å². The van der Waals surface area contributed by atoms with Crippen LogP contribution in [0.3, 0.4) is 0 Å². The van der Waals surface area contributed by atoms with Gasteiger partial charge in [0.05, 0.1) is 25.3 Å². The van der Waals surface area contributed by atoms with Gasteiger partial charge in [0.2, 0.25) is 5.91 Å². The van der Waals surface area contributed by atoms with Crippen LogP contribution in [-0.2, 0) is 20.9 Å². The summed E-state index contributed by atoms with van der Waals surface area (Å²) in [5.41, 5.74) is 0.605. The van der Waals surface area contributed by atoms with Crippen LogP contribution >= 0.6 is 0 Å². The number of benzene rings is 1. The monoisotopic (exact) mass is 428 g/mol. The first kappa shape index (κ1) is 22.4. The average Bonchev–Trinajstić information content (AvgIpc) is 3.26. The summed E-state index contributed by atoms with van der Waals surface area (Å²) in [7, 11) is 1.55. The Hall–Kier alpha value is -3.29. The molecule has 0 bridgehead atoms. The number of esters is 1. The van der Waals surface area contributed by atoms with Crippen LogP contribution < -0.4 is 4.74 Å². The number of ether oxygens (including phenoxy) is 2. The molecular weight excluding hydrogens is 400 g/mol. The van der Waals surface area contributed by atoms with Gasteiger partial charge >= 0.3 is 5.97 Å². The molecule has 1 atom stereocenters. The van der Waals surface area contributed by atoms with Crippen molar-refractivity contribution >= 4 is 17.8 Å². The molecule has 0 saturated carbocycles. The number of likely N-dealkylation sites (N-methyl/N-ethyl adjacent to an activating group) is 1. The average molecular weight is 428 g/mol. The minimum absolute atomic E-state index is 0.103. The summed E-state index contributed by atoms with van der Waals surface area (Å²) in [4.78, 5) is 40.5. The Morgan fingerprint density at radius 2 is 1.97 bits per heavy atom. The summed E-state index contributed by atoms with van der Waals surface area (Å²) in [5.74, 6) is -0.364.